The largest absolute Gasteiger partial charge is 0.467 e. The summed E-state index contributed by atoms with van der Waals surface area (Å²) in [6, 6.07) is 3.79. The number of benzene rings is 1. The van der Waals surface area contributed by atoms with E-state index in [0.29, 0.717) is 13.0 Å². The number of amides is 1. The van der Waals surface area contributed by atoms with Crippen molar-refractivity contribution in [2.75, 3.05) is 13.7 Å². The summed E-state index contributed by atoms with van der Waals surface area (Å²) in [6.45, 7) is 2.25. The average molecular weight is 279 g/mol. The lowest BCUT2D eigenvalue weighted by atomic mass is 10.00. The summed E-state index contributed by atoms with van der Waals surface area (Å²) in [4.78, 5) is 25.7. The molecule has 0 unspecified atom stereocenters. The van der Waals surface area contributed by atoms with Crippen molar-refractivity contribution < 1.29 is 18.7 Å². The highest BCUT2D eigenvalue weighted by Crippen LogP contribution is 2.22. The van der Waals surface area contributed by atoms with Crippen molar-refractivity contribution in [3.8, 4) is 0 Å². The molecule has 0 aliphatic carbocycles. The maximum atomic E-state index is 13.8. The second-order valence-corrected chi connectivity index (χ2v) is 5.02. The molecule has 0 N–H and O–H groups in total. The van der Waals surface area contributed by atoms with E-state index in [1.54, 1.807) is 13.0 Å². The normalized spacial score (nSPS) is 18.8. The van der Waals surface area contributed by atoms with Crippen LogP contribution in [-0.2, 0) is 9.53 Å². The molecule has 4 nitrogen and oxygen atoms in total. The van der Waals surface area contributed by atoms with Crippen molar-refractivity contribution in [2.45, 2.75) is 32.2 Å². The Morgan fingerprint density at radius 1 is 1.35 bits per heavy atom. The molecule has 20 heavy (non-hydrogen) atoms. The van der Waals surface area contributed by atoms with Crippen LogP contribution < -0.4 is 0 Å². The van der Waals surface area contributed by atoms with E-state index < -0.39 is 23.7 Å². The molecule has 5 heteroatoms. The minimum atomic E-state index is -0.610. The third-order valence-electron chi connectivity index (χ3n) is 3.59. The summed E-state index contributed by atoms with van der Waals surface area (Å²) in [5.74, 6) is -1.44. The minimum Gasteiger partial charge on any atom is -0.467 e. The summed E-state index contributed by atoms with van der Waals surface area (Å²) in [5, 5.41) is 0. The highest BCUT2D eigenvalue weighted by atomic mass is 19.1. The van der Waals surface area contributed by atoms with Gasteiger partial charge in [0, 0.05) is 6.54 Å². The van der Waals surface area contributed by atoms with Gasteiger partial charge in [0.05, 0.1) is 12.7 Å². The van der Waals surface area contributed by atoms with Gasteiger partial charge in [0.2, 0.25) is 0 Å². The zero-order chi connectivity index (χ0) is 14.7. The Balaban J connectivity index is 2.30. The van der Waals surface area contributed by atoms with Crippen LogP contribution in [0.5, 0.6) is 0 Å². The Labute approximate surface area is 117 Å². The van der Waals surface area contributed by atoms with E-state index >= 15 is 0 Å². The van der Waals surface area contributed by atoms with Gasteiger partial charge in [0.1, 0.15) is 11.9 Å². The van der Waals surface area contributed by atoms with Gasteiger partial charge >= 0.3 is 5.97 Å². The predicted octanol–water partition coefficient (Wildman–Crippen LogP) is 2.30. The van der Waals surface area contributed by atoms with Crippen LogP contribution in [0.25, 0.3) is 0 Å². The van der Waals surface area contributed by atoms with E-state index in [1.807, 2.05) is 0 Å². The van der Waals surface area contributed by atoms with Gasteiger partial charge in [-0.25, -0.2) is 9.18 Å². The first kappa shape index (κ1) is 14.5. The average Bonchev–Trinajstić information content (AvgIpc) is 2.48. The van der Waals surface area contributed by atoms with E-state index in [1.165, 1.54) is 24.1 Å². The Morgan fingerprint density at radius 3 is 2.80 bits per heavy atom. The zero-order valence-corrected chi connectivity index (χ0v) is 11.7. The Bertz CT molecular complexity index is 530. The van der Waals surface area contributed by atoms with Crippen molar-refractivity contribution in [2.24, 2.45) is 0 Å². The molecule has 1 aromatic rings. The molecule has 0 saturated carbocycles. The number of carbonyl (C=O) groups excluding carboxylic acids is 2. The summed E-state index contributed by atoms with van der Waals surface area (Å²) in [7, 11) is 1.30. The number of nitrogens with zero attached hydrogens (tertiary/aromatic N) is 1. The number of ether oxygens (including phenoxy) is 1. The molecular formula is C15H18FNO3. The molecule has 1 atom stereocenters. The number of rotatable bonds is 2. The van der Waals surface area contributed by atoms with Crippen LogP contribution in [0.3, 0.4) is 0 Å². The van der Waals surface area contributed by atoms with Crippen LogP contribution in [0, 0.1) is 12.7 Å². The maximum absolute atomic E-state index is 13.8. The standard InChI is InChI=1S/C15H18FNO3/c1-10-6-7-12(16)11(9-10)14(18)17-8-4-3-5-13(17)15(19)20-2/h6-7,9,13H,3-5,8H2,1-2H3/t13-/m1/s1. The summed E-state index contributed by atoms with van der Waals surface area (Å²) >= 11 is 0. The lowest BCUT2D eigenvalue weighted by molar-refractivity contribution is -0.147. The van der Waals surface area contributed by atoms with Gasteiger partial charge < -0.3 is 9.64 Å². The van der Waals surface area contributed by atoms with Gasteiger partial charge in [0.25, 0.3) is 5.91 Å². The first-order valence-corrected chi connectivity index (χ1v) is 6.69. The second-order valence-electron chi connectivity index (χ2n) is 5.02. The third kappa shape index (κ3) is 2.81. The van der Waals surface area contributed by atoms with E-state index in [0.717, 1.165) is 18.4 Å². The molecule has 2 rings (SSSR count). The summed E-state index contributed by atoms with van der Waals surface area (Å²) in [5.41, 5.74) is 0.821. The fourth-order valence-corrected chi connectivity index (χ4v) is 2.51. The number of halogens is 1. The highest BCUT2D eigenvalue weighted by molar-refractivity contribution is 5.97. The summed E-state index contributed by atoms with van der Waals surface area (Å²) in [6.07, 6.45) is 2.23. The smallest absolute Gasteiger partial charge is 0.328 e. The number of hydrogen-bond acceptors (Lipinski definition) is 3. The number of methoxy groups -OCH3 is 1. The topological polar surface area (TPSA) is 46.6 Å². The van der Waals surface area contributed by atoms with Crippen molar-refractivity contribution in [1.82, 2.24) is 4.90 Å². The molecule has 1 aliphatic heterocycles. The number of aryl methyl sites for hydroxylation is 1. The molecule has 1 aliphatic rings. The molecule has 0 spiro atoms. The predicted molar refractivity (Wildman–Crippen MR) is 71.8 cm³/mol. The van der Waals surface area contributed by atoms with Crippen LogP contribution in [-0.4, -0.2) is 36.5 Å². The van der Waals surface area contributed by atoms with E-state index in [9.17, 15) is 14.0 Å². The van der Waals surface area contributed by atoms with Crippen LogP contribution >= 0.6 is 0 Å². The molecule has 0 aromatic heterocycles. The zero-order valence-electron chi connectivity index (χ0n) is 11.7. The number of piperidine rings is 1. The monoisotopic (exact) mass is 279 g/mol. The van der Waals surface area contributed by atoms with Crippen molar-refractivity contribution in [1.29, 1.82) is 0 Å². The Kier molecular flexibility index (Phi) is 4.37. The van der Waals surface area contributed by atoms with Crippen molar-refractivity contribution >= 4 is 11.9 Å². The number of esters is 1. The van der Waals surface area contributed by atoms with Crippen molar-refractivity contribution in [3.63, 3.8) is 0 Å². The first-order chi connectivity index (χ1) is 9.54. The fourth-order valence-electron chi connectivity index (χ4n) is 2.51. The quantitative estimate of drug-likeness (QED) is 0.780. The minimum absolute atomic E-state index is 0.0146. The van der Waals surface area contributed by atoms with E-state index in [-0.39, 0.29) is 5.56 Å². The van der Waals surface area contributed by atoms with Gasteiger partial charge in [0.15, 0.2) is 0 Å². The molecule has 1 aromatic carbocycles. The Hall–Kier alpha value is -1.91. The maximum Gasteiger partial charge on any atom is 0.328 e. The summed E-state index contributed by atoms with van der Waals surface area (Å²) < 4.78 is 18.6. The molecule has 0 radical (unpaired) electrons. The lowest BCUT2D eigenvalue weighted by Gasteiger charge is -2.33. The van der Waals surface area contributed by atoms with E-state index in [4.69, 9.17) is 4.74 Å². The molecule has 1 amide bonds. The van der Waals surface area contributed by atoms with Crippen LogP contribution in [0.15, 0.2) is 18.2 Å². The van der Waals surface area contributed by atoms with Gasteiger partial charge in [-0.3, -0.25) is 4.79 Å². The van der Waals surface area contributed by atoms with Gasteiger partial charge in [-0.15, -0.1) is 0 Å². The number of hydrogen-bond donors (Lipinski definition) is 0. The second kappa shape index (κ2) is 6.03. The molecule has 1 fully saturated rings. The Morgan fingerprint density at radius 2 is 2.10 bits per heavy atom. The molecule has 0 bridgehead atoms. The highest BCUT2D eigenvalue weighted by Gasteiger charge is 2.34. The third-order valence-corrected chi connectivity index (χ3v) is 3.59. The van der Waals surface area contributed by atoms with Crippen LogP contribution in [0.4, 0.5) is 4.39 Å². The lowest BCUT2D eigenvalue weighted by Crippen LogP contribution is -2.48. The first-order valence-electron chi connectivity index (χ1n) is 6.69. The van der Waals surface area contributed by atoms with Crippen LogP contribution in [0.2, 0.25) is 0 Å². The fraction of sp³-hybridized carbons (Fsp3) is 0.467. The number of likely N-dealkylation sites (tertiary alicyclic amines) is 1. The van der Waals surface area contributed by atoms with Gasteiger partial charge in [-0.05, 0) is 38.3 Å². The molecule has 1 saturated heterocycles. The van der Waals surface area contributed by atoms with Gasteiger partial charge in [-0.2, -0.15) is 0 Å². The number of carbonyl (C=O) groups is 2. The molecular weight excluding hydrogens is 261 g/mol. The SMILES string of the molecule is COC(=O)[C@H]1CCCCN1C(=O)c1cc(C)ccc1F. The van der Waals surface area contributed by atoms with Crippen LogP contribution in [0.1, 0.15) is 35.2 Å². The van der Waals surface area contributed by atoms with E-state index in [2.05, 4.69) is 0 Å². The molecule has 108 valence electrons. The van der Waals surface area contributed by atoms with Gasteiger partial charge in [-0.1, -0.05) is 11.6 Å². The van der Waals surface area contributed by atoms with Crippen molar-refractivity contribution in [3.05, 3.63) is 35.1 Å². The molecule has 1 heterocycles.